The van der Waals surface area contributed by atoms with Crippen molar-refractivity contribution in [3.8, 4) is 40.7 Å². The van der Waals surface area contributed by atoms with Gasteiger partial charge in [-0.05, 0) is 73.7 Å². The highest BCUT2D eigenvalue weighted by molar-refractivity contribution is 7.90. The van der Waals surface area contributed by atoms with E-state index in [0.29, 0.717) is 11.3 Å². The third-order valence-corrected chi connectivity index (χ3v) is 15.4. The summed E-state index contributed by atoms with van der Waals surface area (Å²) in [5.74, 6) is -3.34. The molecule has 0 aliphatic heterocycles. The van der Waals surface area contributed by atoms with E-state index in [1.807, 2.05) is 55.6 Å². The van der Waals surface area contributed by atoms with Crippen molar-refractivity contribution in [3.63, 3.8) is 0 Å². The van der Waals surface area contributed by atoms with Gasteiger partial charge in [0.05, 0.1) is 29.3 Å². The molecule has 0 saturated carbocycles. The second kappa shape index (κ2) is 25.9. The first-order chi connectivity index (χ1) is 33.7. The van der Waals surface area contributed by atoms with E-state index in [1.165, 1.54) is 45.3 Å². The number of hydrogen-bond acceptors (Lipinski definition) is 16. The van der Waals surface area contributed by atoms with E-state index in [1.54, 1.807) is 0 Å². The average Bonchev–Trinajstić information content (AvgIpc) is 3.29. The topological polar surface area (TPSA) is 298 Å². The van der Waals surface area contributed by atoms with Crippen LogP contribution in [0.15, 0.2) is 71.9 Å². The molecule has 0 aliphatic carbocycles. The number of amides is 3. The third kappa shape index (κ3) is 17.9. The van der Waals surface area contributed by atoms with Gasteiger partial charge in [0.15, 0.2) is 9.84 Å². The zero-order valence-corrected chi connectivity index (χ0v) is 44.2. The summed E-state index contributed by atoms with van der Waals surface area (Å²) in [6.07, 6.45) is 7.83. The second-order valence-corrected chi connectivity index (χ2v) is 23.7. The zero-order chi connectivity index (χ0) is 53.6. The minimum atomic E-state index is -5.07. The standard InChI is InChI=1S/C46H56ClN4O17PS3/c1-8-18-64-41-16-12-15-37(31(41)5)36-14-11-13-33(30(36)4)27-66-43-22-42(65-26-32-20-35(24-48-23-32)70(7,56)57)34(21-38(43)47)25-51(6)46(54)40(29-72(61,62)63)50-45(53)39(28-71(58,59)60)49-44(52)17-19-69(55,67-9-2)68-10-3/h1,11-16,20-24,39-40H,9-10,17-19,25-29H2,2-7H3,(H,49,52)(H,50,53)(H,58,59,60)(H,61,62,63)/t39-,40-/m0/s1. The summed E-state index contributed by atoms with van der Waals surface area (Å²) in [7, 11) is -16.4. The Hall–Kier alpha value is -5.61. The third-order valence-electron chi connectivity index (χ3n) is 10.5. The average molecular weight is 1100 g/mol. The summed E-state index contributed by atoms with van der Waals surface area (Å²) >= 11 is 6.80. The van der Waals surface area contributed by atoms with Crippen molar-refractivity contribution >= 4 is 67.0 Å². The molecule has 1 aromatic heterocycles. The number of nitrogens with one attached hydrogen (secondary N) is 2. The predicted molar refractivity (Wildman–Crippen MR) is 267 cm³/mol. The van der Waals surface area contributed by atoms with E-state index in [2.05, 4.69) is 16.2 Å². The molecular formula is C46H56ClN4O17PS3. The molecule has 2 atom stereocenters. The highest BCUT2D eigenvalue weighted by Crippen LogP contribution is 2.48. The number of halogens is 1. The summed E-state index contributed by atoms with van der Waals surface area (Å²) < 4.78 is 134. The number of terminal acetylenes is 1. The number of aromatic nitrogens is 1. The molecule has 0 unspecified atom stereocenters. The van der Waals surface area contributed by atoms with Crippen LogP contribution < -0.4 is 24.8 Å². The van der Waals surface area contributed by atoms with Crippen molar-refractivity contribution in [2.24, 2.45) is 0 Å². The molecular weight excluding hydrogens is 1040 g/mol. The Labute approximate surface area is 424 Å². The molecule has 4 N–H and O–H groups in total. The fourth-order valence-electron chi connectivity index (χ4n) is 7.04. The van der Waals surface area contributed by atoms with E-state index in [-0.39, 0.29) is 60.0 Å². The maximum atomic E-state index is 14.1. The van der Waals surface area contributed by atoms with Crippen LogP contribution in [0.5, 0.6) is 17.2 Å². The number of likely N-dealkylation sites (N-methyl/N-ethyl adjacent to an activating group) is 1. The van der Waals surface area contributed by atoms with Crippen molar-refractivity contribution in [3.05, 3.63) is 99.8 Å². The molecule has 0 spiro atoms. The first-order valence-corrected chi connectivity index (χ1v) is 29.0. The Morgan fingerprint density at radius 1 is 0.806 bits per heavy atom. The Morgan fingerprint density at radius 2 is 1.42 bits per heavy atom. The molecule has 0 saturated heterocycles. The molecule has 3 amide bonds. The number of carbonyl (C=O) groups excluding carboxylic acids is 3. The number of sulfone groups is 1. The second-order valence-electron chi connectivity index (χ2n) is 16.1. The molecule has 0 bridgehead atoms. The highest BCUT2D eigenvalue weighted by Gasteiger charge is 2.35. The van der Waals surface area contributed by atoms with Crippen LogP contribution in [0.1, 0.15) is 48.1 Å². The Balaban J connectivity index is 1.66. The Bertz CT molecular complexity index is 3050. The summed E-state index contributed by atoms with van der Waals surface area (Å²) in [6.45, 7) is 6.20. The summed E-state index contributed by atoms with van der Waals surface area (Å²) in [5.41, 5.74) is 4.81. The van der Waals surface area contributed by atoms with Crippen LogP contribution in [0.2, 0.25) is 5.02 Å². The van der Waals surface area contributed by atoms with Gasteiger partial charge in [0.25, 0.3) is 20.2 Å². The number of pyridine rings is 1. The molecule has 1 heterocycles. The molecule has 0 aliphatic rings. The lowest BCUT2D eigenvalue weighted by Crippen LogP contribution is -2.57. The maximum absolute atomic E-state index is 14.1. The quantitative estimate of drug-likeness (QED) is 0.0349. The lowest BCUT2D eigenvalue weighted by molar-refractivity contribution is -0.136. The van der Waals surface area contributed by atoms with Crippen molar-refractivity contribution in [2.45, 2.75) is 70.9 Å². The highest BCUT2D eigenvalue weighted by atomic mass is 35.5. The van der Waals surface area contributed by atoms with Gasteiger partial charge in [-0.15, -0.1) is 6.42 Å². The van der Waals surface area contributed by atoms with E-state index in [4.69, 9.17) is 41.3 Å². The van der Waals surface area contributed by atoms with E-state index >= 15 is 0 Å². The van der Waals surface area contributed by atoms with Crippen LogP contribution in [0, 0.1) is 26.2 Å². The van der Waals surface area contributed by atoms with Gasteiger partial charge in [0, 0.05) is 55.9 Å². The van der Waals surface area contributed by atoms with Gasteiger partial charge in [0.1, 0.15) is 60.7 Å². The minimum absolute atomic E-state index is 0.000611. The molecule has 3 aromatic carbocycles. The van der Waals surface area contributed by atoms with Gasteiger partial charge in [-0.25, -0.2) is 8.42 Å². The lowest BCUT2D eigenvalue weighted by atomic mass is 9.93. The number of benzene rings is 3. The van der Waals surface area contributed by atoms with Crippen LogP contribution in [-0.4, -0.2) is 125 Å². The first kappa shape index (κ1) is 59.0. The smallest absolute Gasteiger partial charge is 0.331 e. The van der Waals surface area contributed by atoms with Crippen molar-refractivity contribution in [1.29, 1.82) is 0 Å². The fourth-order valence-corrected chi connectivity index (χ4v) is 10.8. The monoisotopic (exact) mass is 1100 g/mol. The van der Waals surface area contributed by atoms with Gasteiger partial charge in [-0.1, -0.05) is 47.9 Å². The summed E-state index contributed by atoms with van der Waals surface area (Å²) in [6, 6.07) is 11.2. The Morgan fingerprint density at radius 3 is 2.03 bits per heavy atom. The first-order valence-electron chi connectivity index (χ1n) is 21.8. The van der Waals surface area contributed by atoms with Crippen LogP contribution in [-0.2, 0) is 77.8 Å². The number of hydrogen-bond donors (Lipinski definition) is 4. The molecule has 21 nitrogen and oxygen atoms in total. The van der Waals surface area contributed by atoms with Gasteiger partial charge in [0.2, 0.25) is 17.7 Å². The molecule has 392 valence electrons. The number of ether oxygens (including phenoxy) is 3. The Kier molecular flexibility index (Phi) is 21.2. The fraction of sp³-hybridized carbons (Fsp3) is 0.391. The van der Waals surface area contributed by atoms with E-state index in [0.717, 1.165) is 45.2 Å². The molecule has 26 heteroatoms. The molecule has 0 fully saturated rings. The minimum Gasteiger partial charge on any atom is -0.488 e. The largest absolute Gasteiger partial charge is 0.488 e. The van der Waals surface area contributed by atoms with Crippen LogP contribution in [0.25, 0.3) is 11.1 Å². The zero-order valence-electron chi connectivity index (χ0n) is 40.1. The maximum Gasteiger partial charge on any atom is 0.331 e. The normalized spacial score (nSPS) is 12.8. The van der Waals surface area contributed by atoms with Crippen LogP contribution in [0.3, 0.4) is 0 Å². The lowest BCUT2D eigenvalue weighted by Gasteiger charge is -2.27. The van der Waals surface area contributed by atoms with Crippen LogP contribution in [0.4, 0.5) is 0 Å². The van der Waals surface area contributed by atoms with Gasteiger partial charge >= 0.3 is 7.60 Å². The predicted octanol–water partition coefficient (Wildman–Crippen LogP) is 4.95. The molecule has 72 heavy (non-hydrogen) atoms. The van der Waals surface area contributed by atoms with Gasteiger partial charge < -0.3 is 38.8 Å². The number of carbonyl (C=O) groups is 3. The summed E-state index contributed by atoms with van der Waals surface area (Å²) in [5, 5.41) is 4.11. The van der Waals surface area contributed by atoms with Gasteiger partial charge in [-0.3, -0.25) is 33.0 Å². The SMILES string of the molecule is C#CCOc1cccc(-c2cccc(COc3cc(OCc4cncc(S(C)(=O)=O)c4)c(CN(C)C(=O)[C@H](CS(=O)(=O)O)NC(=O)[C@H](CS(=O)(=O)O)NC(=O)CCP(=O)(OCC)OCC)cc3Cl)c2C)c1C. The van der Waals surface area contributed by atoms with E-state index < -0.39 is 98.1 Å². The number of rotatable bonds is 27. The number of nitrogens with zero attached hydrogens (tertiary/aromatic N) is 2. The molecule has 4 aromatic rings. The van der Waals surface area contributed by atoms with E-state index in [9.17, 15) is 53.3 Å². The van der Waals surface area contributed by atoms with Crippen LogP contribution >= 0.6 is 19.2 Å². The molecule has 4 rings (SSSR count). The van der Waals surface area contributed by atoms with Gasteiger partial charge in [-0.2, -0.15) is 16.8 Å². The van der Waals surface area contributed by atoms with Crippen molar-refractivity contribution in [1.82, 2.24) is 20.5 Å². The molecule has 0 radical (unpaired) electrons. The van der Waals surface area contributed by atoms with Crippen molar-refractivity contribution in [2.75, 3.05) is 50.8 Å². The summed E-state index contributed by atoms with van der Waals surface area (Å²) in [4.78, 5) is 45.4. The van der Waals surface area contributed by atoms with Crippen molar-refractivity contribution < 1.29 is 76.6 Å².